The zero-order chi connectivity index (χ0) is 31.9. The largest absolute Gasteiger partial charge is 0.490 e. The van der Waals surface area contributed by atoms with E-state index in [2.05, 4.69) is 72.9 Å². The van der Waals surface area contributed by atoms with Crippen LogP contribution in [0.2, 0.25) is 0 Å². The van der Waals surface area contributed by atoms with Crippen molar-refractivity contribution in [3.8, 4) is 22.9 Å². The second kappa shape index (κ2) is 14.7. The third kappa shape index (κ3) is 7.87. The molecule has 5 aromatic rings. The van der Waals surface area contributed by atoms with Crippen LogP contribution in [0.5, 0.6) is 17.2 Å². The lowest BCUT2D eigenvalue weighted by molar-refractivity contribution is 0.0923. The van der Waals surface area contributed by atoms with Crippen molar-refractivity contribution in [1.29, 1.82) is 0 Å². The molecule has 0 saturated heterocycles. The Morgan fingerprint density at radius 1 is 0.867 bits per heavy atom. The summed E-state index contributed by atoms with van der Waals surface area (Å²) in [5.74, 6) is 1.96. The van der Waals surface area contributed by atoms with Gasteiger partial charge < -0.3 is 23.2 Å². The third-order valence-corrected chi connectivity index (χ3v) is 9.10. The summed E-state index contributed by atoms with van der Waals surface area (Å²) in [6.45, 7) is 9.10. The highest BCUT2D eigenvalue weighted by Crippen LogP contribution is 2.43. The number of hydrogen-bond acceptors (Lipinski definition) is 6. The number of carbonyl (C=O) groups is 1. The summed E-state index contributed by atoms with van der Waals surface area (Å²) in [6, 6.07) is 25.3. The Labute approximate surface area is 279 Å². The summed E-state index contributed by atoms with van der Waals surface area (Å²) in [4.78, 5) is 12.7. The fourth-order valence-electron chi connectivity index (χ4n) is 4.65. The summed E-state index contributed by atoms with van der Waals surface area (Å²) >= 11 is 7.22. The number of nitrogens with one attached hydrogen (secondary N) is 1. The number of furan rings is 1. The van der Waals surface area contributed by atoms with Crippen LogP contribution >= 0.6 is 31.9 Å². The van der Waals surface area contributed by atoms with E-state index in [1.807, 2.05) is 62.4 Å². The van der Waals surface area contributed by atoms with Gasteiger partial charge in [-0.15, -0.1) is 0 Å². The topological polar surface area (TPSA) is 87.2 Å². The van der Waals surface area contributed by atoms with Gasteiger partial charge in [0.2, 0.25) is 0 Å². The van der Waals surface area contributed by atoms with Gasteiger partial charge in [0, 0.05) is 27.1 Å². The van der Waals surface area contributed by atoms with Crippen LogP contribution in [0.25, 0.3) is 5.69 Å². The molecule has 1 N–H and O–H groups in total. The Balaban J connectivity index is 1.18. The molecule has 0 aliphatic heterocycles. The monoisotopic (exact) mass is 733 g/mol. The molecule has 0 fully saturated rings. The van der Waals surface area contributed by atoms with E-state index in [4.69, 9.17) is 18.6 Å². The van der Waals surface area contributed by atoms with Gasteiger partial charge in [0.25, 0.3) is 0 Å². The molecular weight excluding hydrogens is 702 g/mol. The molecule has 3 aromatic carbocycles. The number of aryl methyl sites for hydroxylation is 3. The van der Waals surface area contributed by atoms with E-state index >= 15 is 0 Å². The molecule has 8 nitrogen and oxygen atoms in total. The number of nitrogens with zero attached hydrogens (tertiary/aromatic N) is 2. The van der Waals surface area contributed by atoms with Crippen molar-refractivity contribution < 1.29 is 23.4 Å². The van der Waals surface area contributed by atoms with Crippen LogP contribution in [0, 0.1) is 20.8 Å². The Kier molecular flexibility index (Phi) is 10.5. The van der Waals surface area contributed by atoms with Gasteiger partial charge in [0.05, 0.1) is 17.3 Å². The zero-order valence-corrected chi connectivity index (χ0v) is 28.6. The van der Waals surface area contributed by atoms with Crippen LogP contribution in [-0.2, 0) is 13.2 Å². The first-order valence-corrected chi connectivity index (χ1v) is 16.0. The van der Waals surface area contributed by atoms with Crippen LogP contribution in [0.15, 0.2) is 97.3 Å². The zero-order valence-electron chi connectivity index (χ0n) is 25.4. The predicted octanol–water partition coefficient (Wildman–Crippen LogP) is 8.84. The molecule has 232 valence electrons. The first kappa shape index (κ1) is 32.1. The molecular formula is C35H33Br2N3O5. The minimum absolute atomic E-state index is 0.120. The number of carbonyl (C=O) groups excluding carboxylic acids is 1. The third-order valence-electron chi connectivity index (χ3n) is 6.96. The van der Waals surface area contributed by atoms with Crippen molar-refractivity contribution in [2.45, 2.75) is 40.9 Å². The second-order valence-corrected chi connectivity index (χ2v) is 11.9. The number of benzene rings is 3. The van der Waals surface area contributed by atoms with Crippen molar-refractivity contribution in [3.05, 3.63) is 127 Å². The average molecular weight is 735 g/mol. The quantitative estimate of drug-likeness (QED) is 0.102. The molecule has 0 aliphatic rings. The maximum Gasteiger partial charge on any atom is 0.307 e. The highest BCUT2D eigenvalue weighted by molar-refractivity contribution is 9.13. The number of aromatic nitrogens is 1. The molecule has 0 aliphatic carbocycles. The normalized spacial score (nSPS) is 11.2. The Hall–Kier alpha value is -4.28. The molecule has 0 unspecified atom stereocenters. The minimum atomic E-state index is -0.488. The fourth-order valence-corrected chi connectivity index (χ4v) is 5.59. The van der Waals surface area contributed by atoms with Gasteiger partial charge in [-0.25, -0.2) is 5.43 Å². The Morgan fingerprint density at radius 3 is 2.27 bits per heavy atom. The molecule has 0 radical (unpaired) electrons. The number of amides is 1. The van der Waals surface area contributed by atoms with Gasteiger partial charge in [-0.1, -0.05) is 29.8 Å². The van der Waals surface area contributed by atoms with Gasteiger partial charge in [-0.3, -0.25) is 4.79 Å². The number of halogens is 2. The molecule has 45 heavy (non-hydrogen) atoms. The van der Waals surface area contributed by atoms with Gasteiger partial charge in [-0.2, -0.15) is 5.10 Å². The number of rotatable bonds is 12. The van der Waals surface area contributed by atoms with Gasteiger partial charge in [0.1, 0.15) is 24.7 Å². The summed E-state index contributed by atoms with van der Waals surface area (Å²) in [5.41, 5.74) is 8.81. The molecule has 10 heteroatoms. The fraction of sp³-hybridized carbons (Fsp3) is 0.200. The summed E-state index contributed by atoms with van der Waals surface area (Å²) < 4.78 is 27.1. The van der Waals surface area contributed by atoms with Crippen LogP contribution in [-0.4, -0.2) is 23.3 Å². The van der Waals surface area contributed by atoms with Crippen molar-refractivity contribution in [1.82, 2.24) is 9.99 Å². The maximum atomic E-state index is 12.7. The van der Waals surface area contributed by atoms with E-state index in [1.54, 1.807) is 18.2 Å². The summed E-state index contributed by atoms with van der Waals surface area (Å²) in [6.07, 6.45) is 1.52. The van der Waals surface area contributed by atoms with Crippen LogP contribution in [0.4, 0.5) is 0 Å². The Morgan fingerprint density at radius 2 is 1.58 bits per heavy atom. The van der Waals surface area contributed by atoms with Crippen molar-refractivity contribution in [2.24, 2.45) is 5.10 Å². The van der Waals surface area contributed by atoms with E-state index in [0.29, 0.717) is 50.7 Å². The number of hydrazone groups is 1. The molecule has 0 saturated carbocycles. The van der Waals surface area contributed by atoms with Crippen LogP contribution in [0.1, 0.15) is 51.3 Å². The lowest BCUT2D eigenvalue weighted by atomic mass is 10.1. The molecule has 5 rings (SSSR count). The number of hydrogen-bond donors (Lipinski definition) is 1. The molecule has 2 aromatic heterocycles. The van der Waals surface area contributed by atoms with Crippen molar-refractivity contribution in [3.63, 3.8) is 0 Å². The second-order valence-electron chi connectivity index (χ2n) is 10.3. The van der Waals surface area contributed by atoms with E-state index in [9.17, 15) is 4.79 Å². The number of ether oxygens (including phenoxy) is 3. The van der Waals surface area contributed by atoms with Crippen LogP contribution in [0.3, 0.4) is 0 Å². The predicted molar refractivity (Wildman–Crippen MR) is 182 cm³/mol. The summed E-state index contributed by atoms with van der Waals surface area (Å²) in [5, 5.41) is 4.13. The average Bonchev–Trinajstić information content (AvgIpc) is 3.65. The van der Waals surface area contributed by atoms with Crippen molar-refractivity contribution in [2.75, 3.05) is 6.61 Å². The van der Waals surface area contributed by atoms with E-state index in [-0.39, 0.29) is 12.4 Å². The lowest BCUT2D eigenvalue weighted by Gasteiger charge is -2.16. The molecule has 0 atom stereocenters. The van der Waals surface area contributed by atoms with Gasteiger partial charge in [-0.05, 0) is 120 Å². The molecule has 1 amide bonds. The first-order chi connectivity index (χ1) is 21.7. The standard InChI is InChI=1S/C35H33Br2N3O5/c1-5-42-31-18-26(32(36)33(37)34(31)44-20-25-10-6-22(2)7-11-25)19-38-39-35(41)30-17-16-29(45-30)21-43-28-14-12-27(13-15-28)40-23(3)8-9-24(40)4/h6-19H,5,20-21H2,1-4H3,(H,39,41)/b38-19+. The Bertz CT molecular complexity index is 1790. The SMILES string of the molecule is CCOc1cc(/C=N/NC(=O)c2ccc(COc3ccc(-n4c(C)ccc4C)cc3)o2)c(Br)c(Br)c1OCc1ccc(C)cc1. The van der Waals surface area contributed by atoms with Gasteiger partial charge in [0.15, 0.2) is 17.3 Å². The molecule has 0 bridgehead atoms. The molecule has 2 heterocycles. The minimum Gasteiger partial charge on any atom is -0.490 e. The van der Waals surface area contributed by atoms with E-state index < -0.39 is 5.91 Å². The molecule has 0 spiro atoms. The summed E-state index contributed by atoms with van der Waals surface area (Å²) in [7, 11) is 0. The van der Waals surface area contributed by atoms with E-state index in [0.717, 1.165) is 11.3 Å². The highest BCUT2D eigenvalue weighted by atomic mass is 79.9. The van der Waals surface area contributed by atoms with Crippen LogP contribution < -0.4 is 19.6 Å². The van der Waals surface area contributed by atoms with Gasteiger partial charge >= 0.3 is 5.91 Å². The smallest absolute Gasteiger partial charge is 0.307 e. The van der Waals surface area contributed by atoms with Crippen molar-refractivity contribution >= 4 is 44.0 Å². The highest BCUT2D eigenvalue weighted by Gasteiger charge is 2.18. The first-order valence-electron chi connectivity index (χ1n) is 14.4. The lowest BCUT2D eigenvalue weighted by Crippen LogP contribution is -2.16. The maximum absolute atomic E-state index is 12.7. The van der Waals surface area contributed by atoms with E-state index in [1.165, 1.54) is 23.2 Å².